The number of fused-ring (bicyclic) bond motifs is 1. The molecule has 2 aliphatic heterocycles. The van der Waals surface area contributed by atoms with Gasteiger partial charge in [0, 0.05) is 17.5 Å². The number of hydrogen-bond donors (Lipinski definition) is 1. The molecule has 0 bridgehead atoms. The van der Waals surface area contributed by atoms with Crippen molar-refractivity contribution < 1.29 is 33.2 Å². The third-order valence-electron chi connectivity index (χ3n) is 4.88. The highest BCUT2D eigenvalue weighted by molar-refractivity contribution is 5.41. The minimum Gasteiger partial charge on any atom is -0.481 e. The van der Waals surface area contributed by atoms with Gasteiger partial charge in [0.05, 0.1) is 53.3 Å². The van der Waals surface area contributed by atoms with Crippen LogP contribution in [0.3, 0.4) is 0 Å². The van der Waals surface area contributed by atoms with E-state index in [9.17, 15) is 0 Å². The Bertz CT molecular complexity index is 769. The van der Waals surface area contributed by atoms with Gasteiger partial charge < -0.3 is 38.5 Å². The van der Waals surface area contributed by atoms with E-state index in [1.165, 1.54) is 14.2 Å². The molecule has 2 aliphatic rings. The number of rotatable bonds is 12. The Labute approximate surface area is 186 Å². The normalized spacial score (nSPS) is 26.1. The summed E-state index contributed by atoms with van der Waals surface area (Å²) in [5.74, 6) is 0.151. The molecular formula is C19H30N6O7. The fourth-order valence-corrected chi connectivity index (χ4v) is 3.53. The van der Waals surface area contributed by atoms with Crippen molar-refractivity contribution >= 4 is 5.82 Å². The first-order chi connectivity index (χ1) is 15.5. The van der Waals surface area contributed by atoms with E-state index in [2.05, 4.69) is 25.3 Å². The van der Waals surface area contributed by atoms with E-state index in [1.54, 1.807) is 6.07 Å². The van der Waals surface area contributed by atoms with Gasteiger partial charge in [0.15, 0.2) is 5.79 Å². The minimum absolute atomic E-state index is 0.192. The van der Waals surface area contributed by atoms with Gasteiger partial charge in [-0.15, -0.1) is 0 Å². The number of anilines is 1. The van der Waals surface area contributed by atoms with Crippen molar-refractivity contribution in [3.8, 4) is 11.9 Å². The molecule has 0 aromatic carbocycles. The van der Waals surface area contributed by atoms with Crippen molar-refractivity contribution in [2.75, 3.05) is 59.1 Å². The second kappa shape index (κ2) is 11.5. The first kappa shape index (κ1) is 24.2. The van der Waals surface area contributed by atoms with Gasteiger partial charge in [0.25, 0.3) is 0 Å². The largest absolute Gasteiger partial charge is 0.481 e. The van der Waals surface area contributed by atoms with Crippen LogP contribution < -0.4 is 14.8 Å². The Morgan fingerprint density at radius 2 is 1.94 bits per heavy atom. The average Bonchev–Trinajstić information content (AvgIpc) is 3.12. The molecule has 1 aromatic rings. The standard InChI is InChI=1S/C19H30N6O7/c1-19(2)31-16-12(22-14-9-15(26-3)24-18(23-14)27-4)10-30-13(17(16)32-19)11-29-8-7-28-6-5-21-25-20/h9,12-13,16-17H,5-8,10-11H2,1-4H3,(H,22,23,24)/t12-,13-,16-,17+/m1/s1. The molecule has 3 rings (SSSR count). The van der Waals surface area contributed by atoms with Crippen LogP contribution >= 0.6 is 0 Å². The number of methoxy groups -OCH3 is 2. The van der Waals surface area contributed by atoms with Crippen molar-refractivity contribution in [2.45, 2.75) is 44.0 Å². The van der Waals surface area contributed by atoms with E-state index in [0.717, 1.165) is 0 Å². The molecule has 0 aliphatic carbocycles. The quantitative estimate of drug-likeness (QED) is 0.213. The summed E-state index contributed by atoms with van der Waals surface area (Å²) in [6.07, 6.45) is -0.898. The van der Waals surface area contributed by atoms with Gasteiger partial charge in [-0.3, -0.25) is 0 Å². The number of hydrogen-bond acceptors (Lipinski definition) is 11. The summed E-state index contributed by atoms with van der Waals surface area (Å²) >= 11 is 0. The summed E-state index contributed by atoms with van der Waals surface area (Å²) in [5, 5.41) is 6.73. The molecule has 2 fully saturated rings. The van der Waals surface area contributed by atoms with E-state index < -0.39 is 5.79 Å². The number of azide groups is 1. The predicted molar refractivity (Wildman–Crippen MR) is 112 cm³/mol. The maximum absolute atomic E-state index is 8.23. The lowest BCUT2D eigenvalue weighted by Crippen LogP contribution is -2.55. The first-order valence-electron chi connectivity index (χ1n) is 10.3. The first-order valence-corrected chi connectivity index (χ1v) is 10.3. The van der Waals surface area contributed by atoms with E-state index in [4.69, 9.17) is 38.7 Å². The molecule has 2 saturated heterocycles. The Morgan fingerprint density at radius 1 is 1.16 bits per heavy atom. The molecule has 13 nitrogen and oxygen atoms in total. The van der Waals surface area contributed by atoms with E-state index in [0.29, 0.717) is 51.3 Å². The third-order valence-corrected chi connectivity index (χ3v) is 4.88. The molecule has 0 unspecified atom stereocenters. The third kappa shape index (κ3) is 6.55. The van der Waals surface area contributed by atoms with Crippen LogP contribution in [0.25, 0.3) is 10.4 Å². The fraction of sp³-hybridized carbons (Fsp3) is 0.789. The van der Waals surface area contributed by atoms with Crippen molar-refractivity contribution in [3.63, 3.8) is 0 Å². The molecule has 0 amide bonds. The highest BCUT2D eigenvalue weighted by atomic mass is 16.8. The summed E-state index contributed by atoms with van der Waals surface area (Å²) in [6.45, 7) is 5.88. The lowest BCUT2D eigenvalue weighted by Gasteiger charge is -2.37. The molecule has 1 aromatic heterocycles. The Morgan fingerprint density at radius 3 is 2.69 bits per heavy atom. The van der Waals surface area contributed by atoms with Gasteiger partial charge in [-0.05, 0) is 19.4 Å². The Hall–Kier alpha value is -2.41. The van der Waals surface area contributed by atoms with Gasteiger partial charge in [0.2, 0.25) is 5.88 Å². The molecule has 0 spiro atoms. The topological polar surface area (TPSA) is 151 Å². The zero-order valence-electron chi connectivity index (χ0n) is 18.7. The maximum Gasteiger partial charge on any atom is 0.321 e. The molecule has 0 radical (unpaired) electrons. The minimum atomic E-state index is -0.757. The van der Waals surface area contributed by atoms with E-state index in [-0.39, 0.29) is 30.4 Å². The summed E-state index contributed by atoms with van der Waals surface area (Å²) in [6, 6.07) is 1.65. The van der Waals surface area contributed by atoms with Crippen LogP contribution in [0.1, 0.15) is 13.8 Å². The SMILES string of the molecule is COc1cc(N[C@@H]2CO[C@H](COCCOCCN=[N+]=[N-])[C@@H]3OC(C)(C)O[C@@H]32)nc(OC)n1. The van der Waals surface area contributed by atoms with Crippen molar-refractivity contribution in [2.24, 2.45) is 5.11 Å². The smallest absolute Gasteiger partial charge is 0.321 e. The number of aromatic nitrogens is 2. The van der Waals surface area contributed by atoms with E-state index >= 15 is 0 Å². The average molecular weight is 454 g/mol. The summed E-state index contributed by atoms with van der Waals surface area (Å²) in [7, 11) is 3.02. The number of nitrogens with zero attached hydrogens (tertiary/aromatic N) is 5. The molecule has 178 valence electrons. The van der Waals surface area contributed by atoms with Gasteiger partial charge in [0.1, 0.15) is 24.1 Å². The predicted octanol–water partition coefficient (Wildman–Crippen LogP) is 1.54. The van der Waals surface area contributed by atoms with Gasteiger partial charge in [-0.2, -0.15) is 9.97 Å². The van der Waals surface area contributed by atoms with Crippen molar-refractivity contribution in [3.05, 3.63) is 16.5 Å². The molecular weight excluding hydrogens is 424 g/mol. The molecule has 32 heavy (non-hydrogen) atoms. The van der Waals surface area contributed by atoms with Gasteiger partial charge in [-0.25, -0.2) is 0 Å². The van der Waals surface area contributed by atoms with Crippen molar-refractivity contribution in [1.82, 2.24) is 9.97 Å². The zero-order valence-corrected chi connectivity index (χ0v) is 18.7. The summed E-state index contributed by atoms with van der Waals surface area (Å²) in [4.78, 5) is 11.1. The summed E-state index contributed by atoms with van der Waals surface area (Å²) < 4.78 is 39.7. The molecule has 0 saturated carbocycles. The van der Waals surface area contributed by atoms with Crippen LogP contribution in [0.5, 0.6) is 11.9 Å². The van der Waals surface area contributed by atoms with Gasteiger partial charge in [-0.1, -0.05) is 5.11 Å². The van der Waals surface area contributed by atoms with Crippen LogP contribution in [0.2, 0.25) is 0 Å². The lowest BCUT2D eigenvalue weighted by atomic mass is 9.98. The van der Waals surface area contributed by atoms with E-state index in [1.807, 2.05) is 13.8 Å². The molecule has 4 atom stereocenters. The number of ether oxygens (including phenoxy) is 7. The second-order valence-electron chi connectivity index (χ2n) is 7.61. The maximum atomic E-state index is 8.23. The lowest BCUT2D eigenvalue weighted by molar-refractivity contribution is -0.160. The van der Waals surface area contributed by atoms with Crippen LogP contribution in [0.4, 0.5) is 5.82 Å². The highest BCUT2D eigenvalue weighted by Gasteiger charge is 2.52. The summed E-state index contributed by atoms with van der Waals surface area (Å²) in [5.41, 5.74) is 8.23. The number of nitrogens with one attached hydrogen (secondary N) is 1. The van der Waals surface area contributed by atoms with Crippen LogP contribution in [-0.2, 0) is 23.7 Å². The van der Waals surface area contributed by atoms with Crippen LogP contribution in [0.15, 0.2) is 11.2 Å². The fourth-order valence-electron chi connectivity index (χ4n) is 3.53. The zero-order chi connectivity index (χ0) is 23.0. The molecule has 1 N–H and O–H groups in total. The van der Waals surface area contributed by atoms with Crippen LogP contribution in [-0.4, -0.2) is 93.9 Å². The van der Waals surface area contributed by atoms with Crippen molar-refractivity contribution in [1.29, 1.82) is 0 Å². The van der Waals surface area contributed by atoms with Crippen LogP contribution in [0, 0.1) is 0 Å². The monoisotopic (exact) mass is 454 g/mol. The van der Waals surface area contributed by atoms with Gasteiger partial charge >= 0.3 is 6.01 Å². The Kier molecular flexibility index (Phi) is 8.67. The molecule has 3 heterocycles. The highest BCUT2D eigenvalue weighted by Crippen LogP contribution is 2.36. The second-order valence-corrected chi connectivity index (χ2v) is 7.61. The Balaban J connectivity index is 1.56. The molecule has 13 heteroatoms.